The smallest absolute Gasteiger partial charge is 0.333 e. The molecule has 0 radical (unpaired) electrons. The van der Waals surface area contributed by atoms with Crippen molar-refractivity contribution in [2.45, 2.75) is 64.7 Å². The highest BCUT2D eigenvalue weighted by Crippen LogP contribution is 2.16. The first-order valence-corrected chi connectivity index (χ1v) is 11.2. The van der Waals surface area contributed by atoms with Crippen LogP contribution in [0.25, 0.3) is 6.08 Å². The SMILES string of the molecule is C=C(C)C(=O)OCCCCCCCCCCCOc1ccc(C=C(C#N)C(=O)Cl)cc1. The topological polar surface area (TPSA) is 76.4 Å². The summed E-state index contributed by atoms with van der Waals surface area (Å²) in [6, 6.07) is 8.99. The number of rotatable bonds is 16. The van der Waals surface area contributed by atoms with Crippen LogP contribution in [0.4, 0.5) is 0 Å². The van der Waals surface area contributed by atoms with E-state index in [9.17, 15) is 9.59 Å². The van der Waals surface area contributed by atoms with Crippen molar-refractivity contribution in [3.05, 3.63) is 47.6 Å². The number of benzene rings is 1. The third-order valence-electron chi connectivity index (χ3n) is 4.66. The fourth-order valence-electron chi connectivity index (χ4n) is 2.88. The van der Waals surface area contributed by atoms with Crippen LogP contribution in [-0.2, 0) is 14.3 Å². The van der Waals surface area contributed by atoms with E-state index < -0.39 is 5.24 Å². The molecule has 0 spiro atoms. The van der Waals surface area contributed by atoms with E-state index in [1.807, 2.05) is 12.1 Å². The maximum absolute atomic E-state index is 11.2. The second kappa shape index (κ2) is 16.2. The van der Waals surface area contributed by atoms with E-state index in [-0.39, 0.29) is 11.5 Å². The molecule has 0 N–H and O–H groups in total. The monoisotopic (exact) mass is 445 g/mol. The predicted octanol–water partition coefficient (Wildman–Crippen LogP) is 6.37. The molecule has 0 aliphatic heterocycles. The second-order valence-electron chi connectivity index (χ2n) is 7.46. The van der Waals surface area contributed by atoms with Crippen LogP contribution in [0.3, 0.4) is 0 Å². The van der Waals surface area contributed by atoms with Crippen molar-refractivity contribution in [1.82, 2.24) is 0 Å². The summed E-state index contributed by atoms with van der Waals surface area (Å²) in [6.07, 6.45) is 11.7. The summed E-state index contributed by atoms with van der Waals surface area (Å²) >= 11 is 5.34. The molecule has 0 bridgehead atoms. The number of unbranched alkanes of at least 4 members (excludes halogenated alkanes) is 8. The molecule has 0 heterocycles. The Bertz CT molecular complexity index is 778. The number of nitrogens with zero attached hydrogens (tertiary/aromatic N) is 1. The summed E-state index contributed by atoms with van der Waals surface area (Å²) < 4.78 is 10.8. The van der Waals surface area contributed by atoms with E-state index in [2.05, 4.69) is 6.58 Å². The molecule has 0 saturated carbocycles. The van der Waals surface area contributed by atoms with Crippen LogP contribution in [0.15, 0.2) is 42.0 Å². The predicted molar refractivity (Wildman–Crippen MR) is 124 cm³/mol. The number of nitriles is 1. The summed E-state index contributed by atoms with van der Waals surface area (Å²) in [5.41, 5.74) is 1.10. The van der Waals surface area contributed by atoms with Crippen molar-refractivity contribution >= 4 is 28.9 Å². The average Bonchev–Trinajstić information content (AvgIpc) is 2.75. The number of carbonyl (C=O) groups excluding carboxylic acids is 2. The number of carbonyl (C=O) groups is 2. The van der Waals surface area contributed by atoms with Crippen LogP contribution < -0.4 is 4.74 Å². The van der Waals surface area contributed by atoms with Gasteiger partial charge < -0.3 is 9.47 Å². The van der Waals surface area contributed by atoms with Crippen molar-refractivity contribution in [3.8, 4) is 11.8 Å². The Morgan fingerprint density at radius 2 is 1.48 bits per heavy atom. The summed E-state index contributed by atoms with van der Waals surface area (Å²) in [5, 5.41) is 8.10. The fraction of sp³-hybridized carbons (Fsp3) is 0.480. The van der Waals surface area contributed by atoms with Crippen molar-refractivity contribution in [2.75, 3.05) is 13.2 Å². The zero-order valence-electron chi connectivity index (χ0n) is 18.3. The van der Waals surface area contributed by atoms with Crippen molar-refractivity contribution in [3.63, 3.8) is 0 Å². The van der Waals surface area contributed by atoms with Crippen LogP contribution in [0.2, 0.25) is 0 Å². The maximum Gasteiger partial charge on any atom is 0.333 e. The van der Waals surface area contributed by atoms with Gasteiger partial charge in [0.05, 0.1) is 13.2 Å². The summed E-state index contributed by atoms with van der Waals surface area (Å²) in [4.78, 5) is 22.3. The molecular formula is C25H32ClNO4. The molecule has 1 aromatic rings. The Balaban J connectivity index is 2.01. The minimum Gasteiger partial charge on any atom is -0.494 e. The van der Waals surface area contributed by atoms with Crippen molar-refractivity contribution in [1.29, 1.82) is 5.26 Å². The number of ether oxygens (including phenoxy) is 2. The quantitative estimate of drug-likeness (QED) is 0.0971. The van der Waals surface area contributed by atoms with Gasteiger partial charge in [0, 0.05) is 5.57 Å². The molecule has 31 heavy (non-hydrogen) atoms. The molecule has 0 aromatic heterocycles. The van der Waals surface area contributed by atoms with E-state index in [0.717, 1.165) is 37.0 Å². The van der Waals surface area contributed by atoms with Gasteiger partial charge in [-0.05, 0) is 55.1 Å². The molecule has 5 nitrogen and oxygen atoms in total. The standard InChI is InChI=1S/C25H32ClNO4/c1-20(2)25(29)31-17-11-9-7-5-3-4-6-8-10-16-30-23-14-12-21(13-15-23)18-22(19-27)24(26)28/h12-15,18H,1,3-11,16-17H2,2H3. The van der Waals surface area contributed by atoms with Crippen molar-refractivity contribution < 1.29 is 19.1 Å². The molecule has 1 aromatic carbocycles. The highest BCUT2D eigenvalue weighted by Gasteiger charge is 2.05. The molecule has 0 saturated heterocycles. The Morgan fingerprint density at radius 3 is 1.97 bits per heavy atom. The van der Waals surface area contributed by atoms with Gasteiger partial charge in [0.25, 0.3) is 5.24 Å². The van der Waals surface area contributed by atoms with Gasteiger partial charge >= 0.3 is 5.97 Å². The Labute approximate surface area is 190 Å². The lowest BCUT2D eigenvalue weighted by atomic mass is 10.1. The molecule has 168 valence electrons. The van der Waals surface area contributed by atoms with Gasteiger partial charge in [0.15, 0.2) is 0 Å². The van der Waals surface area contributed by atoms with E-state index in [4.69, 9.17) is 26.3 Å². The molecule has 0 fully saturated rings. The first kappa shape index (κ1) is 26.5. The van der Waals surface area contributed by atoms with Gasteiger partial charge in [-0.15, -0.1) is 0 Å². The molecule has 0 aliphatic carbocycles. The lowest BCUT2D eigenvalue weighted by Gasteiger charge is -2.07. The van der Waals surface area contributed by atoms with Gasteiger partial charge in [0.2, 0.25) is 0 Å². The van der Waals surface area contributed by atoms with E-state index in [1.54, 1.807) is 25.1 Å². The first-order valence-electron chi connectivity index (χ1n) is 10.8. The van der Waals surface area contributed by atoms with Crippen molar-refractivity contribution in [2.24, 2.45) is 0 Å². The zero-order valence-corrected chi connectivity index (χ0v) is 19.1. The van der Waals surface area contributed by atoms with E-state index >= 15 is 0 Å². The minimum atomic E-state index is -0.760. The van der Waals surface area contributed by atoms with Gasteiger partial charge in [-0.3, -0.25) is 4.79 Å². The van der Waals surface area contributed by atoms with Crippen LogP contribution in [0.1, 0.15) is 70.3 Å². The van der Waals surface area contributed by atoms with Crippen LogP contribution >= 0.6 is 11.6 Å². The highest BCUT2D eigenvalue weighted by atomic mass is 35.5. The average molecular weight is 446 g/mol. The second-order valence-corrected chi connectivity index (χ2v) is 7.80. The molecule has 0 aliphatic rings. The number of hydrogen-bond donors (Lipinski definition) is 0. The maximum atomic E-state index is 11.2. The summed E-state index contributed by atoms with van der Waals surface area (Å²) in [5.74, 6) is 0.467. The lowest BCUT2D eigenvalue weighted by molar-refractivity contribution is -0.139. The molecule has 6 heteroatoms. The molecular weight excluding hydrogens is 414 g/mol. The Morgan fingerprint density at radius 1 is 0.968 bits per heavy atom. The highest BCUT2D eigenvalue weighted by molar-refractivity contribution is 6.68. The first-order chi connectivity index (χ1) is 14.9. The van der Waals surface area contributed by atoms with Gasteiger partial charge in [-0.2, -0.15) is 5.26 Å². The van der Waals surface area contributed by atoms with Gasteiger partial charge in [-0.1, -0.05) is 63.7 Å². The summed E-state index contributed by atoms with van der Waals surface area (Å²) in [7, 11) is 0. The normalized spacial score (nSPS) is 10.9. The molecule has 0 amide bonds. The van der Waals surface area contributed by atoms with Crippen LogP contribution in [0, 0.1) is 11.3 Å². The van der Waals surface area contributed by atoms with Crippen LogP contribution in [-0.4, -0.2) is 24.4 Å². The number of allylic oxidation sites excluding steroid dienone is 1. The van der Waals surface area contributed by atoms with E-state index in [0.29, 0.717) is 18.8 Å². The lowest BCUT2D eigenvalue weighted by Crippen LogP contribution is -2.05. The number of hydrogen-bond acceptors (Lipinski definition) is 5. The third-order valence-corrected chi connectivity index (χ3v) is 4.87. The Hall–Kier alpha value is -2.58. The molecule has 0 unspecified atom stereocenters. The van der Waals surface area contributed by atoms with E-state index in [1.165, 1.54) is 38.2 Å². The van der Waals surface area contributed by atoms with Gasteiger partial charge in [-0.25, -0.2) is 4.79 Å². The minimum absolute atomic E-state index is 0.0839. The zero-order chi connectivity index (χ0) is 22.9. The molecule has 1 rings (SSSR count). The summed E-state index contributed by atoms with van der Waals surface area (Å²) in [6.45, 7) is 6.37. The number of esters is 1. The van der Waals surface area contributed by atoms with Gasteiger partial charge in [0.1, 0.15) is 17.4 Å². The van der Waals surface area contributed by atoms with Crippen LogP contribution in [0.5, 0.6) is 5.75 Å². The Kier molecular flexibility index (Phi) is 13.8. The fourth-order valence-corrected chi connectivity index (χ4v) is 2.98. The number of halogens is 1. The molecule has 0 atom stereocenters. The third kappa shape index (κ3) is 12.7. The largest absolute Gasteiger partial charge is 0.494 e.